The Morgan fingerprint density at radius 1 is 1.25 bits per heavy atom. The van der Waals surface area contributed by atoms with Crippen LogP contribution in [0.25, 0.3) is 0 Å². The maximum absolute atomic E-state index is 13.6. The van der Waals surface area contributed by atoms with Crippen molar-refractivity contribution in [3.05, 3.63) is 33.4 Å². The monoisotopic (exact) mass is 538 g/mol. The molecule has 2 saturated heterocycles. The van der Waals surface area contributed by atoms with Gasteiger partial charge in [0.25, 0.3) is 19.0 Å². The summed E-state index contributed by atoms with van der Waals surface area (Å²) in [5.74, 6) is 1.71. The van der Waals surface area contributed by atoms with Gasteiger partial charge in [0.15, 0.2) is 0 Å². The first-order valence-electron chi connectivity index (χ1n) is 12.4. The van der Waals surface area contributed by atoms with Gasteiger partial charge in [0, 0.05) is 38.3 Å². The highest BCUT2D eigenvalue weighted by Crippen LogP contribution is 2.37. The SMILES string of the molecule is CCSC(SCC)[C@@H]1CCCN1C(=O)c1cc(CO)c(OCN2CCN(BC=O)CC2)cc1[N+](=O)[O-]. The van der Waals surface area contributed by atoms with Gasteiger partial charge in [-0.1, -0.05) is 13.8 Å². The highest BCUT2D eigenvalue weighted by atomic mass is 32.2. The van der Waals surface area contributed by atoms with Crippen LogP contribution in [0.3, 0.4) is 0 Å². The number of likely N-dealkylation sites (tertiary alicyclic amines) is 1. The molecule has 0 spiro atoms. The number of carbonyl (C=O) groups excluding carboxylic acids is 2. The van der Waals surface area contributed by atoms with E-state index in [1.54, 1.807) is 4.90 Å². The summed E-state index contributed by atoms with van der Waals surface area (Å²) >= 11 is 3.62. The molecule has 0 radical (unpaired) electrons. The van der Waals surface area contributed by atoms with E-state index in [4.69, 9.17) is 4.74 Å². The van der Waals surface area contributed by atoms with E-state index in [0.717, 1.165) is 43.6 Å². The number of amides is 1. The van der Waals surface area contributed by atoms with Crippen LogP contribution in [0.15, 0.2) is 12.1 Å². The number of aliphatic hydroxyl groups is 1. The molecule has 2 aliphatic rings. The first kappa shape index (κ1) is 28.8. The van der Waals surface area contributed by atoms with E-state index in [9.17, 15) is 24.8 Å². The molecule has 3 rings (SSSR count). The summed E-state index contributed by atoms with van der Waals surface area (Å²) in [6, 6.07) is 2.70. The third-order valence-corrected chi connectivity index (χ3v) is 9.28. The molecule has 1 amide bonds. The highest BCUT2D eigenvalue weighted by Gasteiger charge is 2.38. The number of benzene rings is 1. The molecule has 0 unspecified atom stereocenters. The van der Waals surface area contributed by atoms with E-state index < -0.39 is 11.5 Å². The standard InChI is InChI=1S/C23H35BN4O6S2/c1-3-35-23(36-4-2)19-6-5-7-27(19)22(31)18-12-17(14-29)21(13-20(18)28(32)33)34-16-25-8-10-26(11-9-25)24-15-30/h12-13,15,19,23-24,29H,3-11,14,16H2,1-2H3/t19-/m0/s1. The van der Waals surface area contributed by atoms with Gasteiger partial charge in [-0.05, 0) is 30.4 Å². The van der Waals surface area contributed by atoms with Crippen LogP contribution in [-0.2, 0) is 11.4 Å². The van der Waals surface area contributed by atoms with Crippen LogP contribution < -0.4 is 4.74 Å². The van der Waals surface area contributed by atoms with Gasteiger partial charge in [0.1, 0.15) is 18.0 Å². The van der Waals surface area contributed by atoms with E-state index in [1.807, 2.05) is 33.2 Å². The summed E-state index contributed by atoms with van der Waals surface area (Å²) in [5, 5.41) is 22.0. The molecule has 1 N–H and O–H groups in total. The summed E-state index contributed by atoms with van der Waals surface area (Å²) in [7, 11) is 0.401. The van der Waals surface area contributed by atoms with Crippen molar-refractivity contribution < 1.29 is 24.4 Å². The zero-order chi connectivity index (χ0) is 26.1. The molecule has 198 valence electrons. The van der Waals surface area contributed by atoms with E-state index in [2.05, 4.69) is 13.8 Å². The number of thioether (sulfide) groups is 2. The lowest BCUT2D eigenvalue weighted by atomic mass is 9.94. The van der Waals surface area contributed by atoms with Crippen molar-refractivity contribution in [2.24, 2.45) is 0 Å². The number of hydrogen-bond donors (Lipinski definition) is 1. The Labute approximate surface area is 221 Å². The highest BCUT2D eigenvalue weighted by molar-refractivity contribution is 8.17. The lowest BCUT2D eigenvalue weighted by molar-refractivity contribution is -0.385. The second-order valence-electron chi connectivity index (χ2n) is 8.74. The van der Waals surface area contributed by atoms with Crippen LogP contribution in [-0.4, -0.2) is 106 Å². The zero-order valence-corrected chi connectivity index (χ0v) is 22.6. The summed E-state index contributed by atoms with van der Waals surface area (Å²) in [5.41, 5.74) is 0.0331. The Balaban J connectivity index is 1.79. The van der Waals surface area contributed by atoms with Gasteiger partial charge < -0.3 is 24.3 Å². The Morgan fingerprint density at radius 2 is 1.94 bits per heavy atom. The molecule has 1 atom stereocenters. The number of aliphatic hydroxyl groups excluding tert-OH is 1. The Hall–Kier alpha value is -1.80. The fourth-order valence-corrected chi connectivity index (χ4v) is 7.51. The second kappa shape index (κ2) is 14.2. The normalized spacial score (nSPS) is 19.0. The number of nitrogens with zero attached hydrogens (tertiary/aromatic N) is 4. The summed E-state index contributed by atoms with van der Waals surface area (Å²) in [6.45, 7) is 7.41. The smallest absolute Gasteiger partial charge is 0.285 e. The third kappa shape index (κ3) is 7.15. The molecule has 10 nitrogen and oxygen atoms in total. The Kier molecular flexibility index (Phi) is 11.4. The fraction of sp³-hybridized carbons (Fsp3) is 0.652. The molecule has 0 aliphatic carbocycles. The van der Waals surface area contributed by atoms with E-state index in [0.29, 0.717) is 32.6 Å². The number of ether oxygens (including phenoxy) is 1. The summed E-state index contributed by atoms with van der Waals surface area (Å²) in [6.07, 6.45) is 2.62. The molecule has 2 heterocycles. The number of nitro benzene ring substituents is 1. The minimum absolute atomic E-state index is 0.00692. The van der Waals surface area contributed by atoms with E-state index >= 15 is 0 Å². The van der Waals surface area contributed by atoms with Crippen molar-refractivity contribution in [1.29, 1.82) is 0 Å². The molecule has 13 heteroatoms. The van der Waals surface area contributed by atoms with Gasteiger partial charge in [-0.3, -0.25) is 19.8 Å². The van der Waals surface area contributed by atoms with E-state index in [-0.39, 0.29) is 40.3 Å². The molecule has 2 fully saturated rings. The van der Waals surface area contributed by atoms with Crippen LogP contribution in [0, 0.1) is 10.1 Å². The lowest BCUT2D eigenvalue weighted by Crippen LogP contribution is -2.49. The number of hydrogen-bond acceptors (Lipinski definition) is 10. The number of piperazine rings is 1. The topological polar surface area (TPSA) is 116 Å². The molecule has 0 saturated carbocycles. The second-order valence-corrected chi connectivity index (χ2v) is 11.9. The van der Waals surface area contributed by atoms with Crippen LogP contribution in [0.5, 0.6) is 5.75 Å². The average molecular weight is 539 g/mol. The summed E-state index contributed by atoms with van der Waals surface area (Å²) < 4.78 is 6.10. The third-order valence-electron chi connectivity index (χ3n) is 6.51. The van der Waals surface area contributed by atoms with Crippen LogP contribution in [0.2, 0.25) is 0 Å². The van der Waals surface area contributed by atoms with Crippen molar-refractivity contribution in [1.82, 2.24) is 14.6 Å². The molecule has 36 heavy (non-hydrogen) atoms. The lowest BCUT2D eigenvalue weighted by Gasteiger charge is -2.33. The predicted octanol–water partition coefficient (Wildman–Crippen LogP) is 2.02. The first-order chi connectivity index (χ1) is 17.4. The van der Waals surface area contributed by atoms with Crippen LogP contribution in [0.4, 0.5) is 5.69 Å². The fourth-order valence-electron chi connectivity index (χ4n) is 4.64. The maximum Gasteiger partial charge on any atom is 0.285 e. The average Bonchev–Trinajstić information content (AvgIpc) is 3.37. The van der Waals surface area contributed by atoms with Crippen LogP contribution in [0.1, 0.15) is 42.6 Å². The summed E-state index contributed by atoms with van der Waals surface area (Å²) in [4.78, 5) is 41.6. The van der Waals surface area contributed by atoms with Crippen molar-refractivity contribution in [3.63, 3.8) is 0 Å². The zero-order valence-electron chi connectivity index (χ0n) is 21.0. The molecule has 2 aliphatic heterocycles. The van der Waals surface area contributed by atoms with Crippen molar-refractivity contribution >= 4 is 48.7 Å². The predicted molar refractivity (Wildman–Crippen MR) is 146 cm³/mol. The minimum Gasteiger partial charge on any atom is -0.478 e. The van der Waals surface area contributed by atoms with Crippen molar-refractivity contribution in [3.8, 4) is 5.75 Å². The molecular weight excluding hydrogens is 503 g/mol. The van der Waals surface area contributed by atoms with Crippen molar-refractivity contribution in [2.45, 2.75) is 43.9 Å². The minimum atomic E-state index is -0.552. The Bertz CT molecular complexity index is 913. The van der Waals surface area contributed by atoms with Crippen molar-refractivity contribution in [2.75, 3.05) is 51.0 Å². The first-order valence-corrected chi connectivity index (χ1v) is 14.5. The quantitative estimate of drug-likeness (QED) is 0.131. The van der Waals surface area contributed by atoms with E-state index in [1.165, 1.54) is 12.1 Å². The van der Waals surface area contributed by atoms with Gasteiger partial charge in [0.05, 0.1) is 34.4 Å². The maximum atomic E-state index is 13.6. The number of nitro groups is 1. The van der Waals surface area contributed by atoms with Gasteiger partial charge >= 0.3 is 0 Å². The number of carbonyl (C=O) groups is 2. The molecule has 1 aromatic carbocycles. The van der Waals surface area contributed by atoms with Gasteiger partial charge in [-0.15, -0.1) is 23.5 Å². The van der Waals surface area contributed by atoms with Gasteiger partial charge in [0.2, 0.25) is 0 Å². The number of rotatable bonds is 13. The largest absolute Gasteiger partial charge is 0.478 e. The Morgan fingerprint density at radius 3 is 2.53 bits per heavy atom. The van der Waals surface area contributed by atoms with Gasteiger partial charge in [-0.25, -0.2) is 0 Å². The molecular formula is C23H35BN4O6S2. The molecule has 0 bridgehead atoms. The van der Waals surface area contributed by atoms with Crippen LogP contribution >= 0.6 is 23.5 Å². The molecule has 0 aromatic heterocycles. The van der Waals surface area contributed by atoms with Gasteiger partial charge in [-0.2, -0.15) is 0 Å². The molecule has 1 aromatic rings.